The molecule has 1 amide bonds. The Balaban J connectivity index is 1.63. The lowest BCUT2D eigenvalue weighted by molar-refractivity contribution is 0.203. The van der Waals surface area contributed by atoms with Crippen molar-refractivity contribution in [1.29, 1.82) is 0 Å². The van der Waals surface area contributed by atoms with Gasteiger partial charge in [-0.05, 0) is 40.7 Å². The lowest BCUT2D eigenvalue weighted by atomic mass is 9.74. The molecule has 1 aliphatic carbocycles. The molecule has 0 aliphatic heterocycles. The maximum atomic E-state index is 11.4. The molecule has 2 atom stereocenters. The fourth-order valence-electron chi connectivity index (χ4n) is 4.11. The molecule has 4 rings (SSSR count). The molecule has 0 unspecified atom stereocenters. The molecule has 1 aromatic heterocycles. The van der Waals surface area contributed by atoms with Crippen LogP contribution in [0, 0.1) is 5.41 Å². The minimum Gasteiger partial charge on any atom is -0.410 e. The maximum Gasteiger partial charge on any atom is 0.412 e. The molecular formula is C22H23N3O2S. The third kappa shape index (κ3) is 3.60. The lowest BCUT2D eigenvalue weighted by Crippen LogP contribution is -2.31. The van der Waals surface area contributed by atoms with Gasteiger partial charge in [0.1, 0.15) is 5.75 Å². The van der Waals surface area contributed by atoms with Crippen LogP contribution in [0.2, 0.25) is 0 Å². The molecule has 1 heterocycles. The Labute approximate surface area is 168 Å². The molecule has 0 bridgehead atoms. The number of nitrogens with zero attached hydrogens (tertiary/aromatic N) is 1. The van der Waals surface area contributed by atoms with E-state index in [9.17, 15) is 4.79 Å². The monoisotopic (exact) mass is 393 g/mol. The van der Waals surface area contributed by atoms with Crippen molar-refractivity contribution in [2.24, 2.45) is 5.41 Å². The van der Waals surface area contributed by atoms with Gasteiger partial charge in [-0.1, -0.05) is 43.3 Å². The van der Waals surface area contributed by atoms with E-state index in [0.717, 1.165) is 18.1 Å². The molecule has 5 nitrogen and oxygen atoms in total. The first-order valence-corrected chi connectivity index (χ1v) is 10.2. The summed E-state index contributed by atoms with van der Waals surface area (Å²) in [5.74, 6) is 0.794. The average molecular weight is 394 g/mol. The van der Waals surface area contributed by atoms with Gasteiger partial charge in [0.05, 0.1) is 0 Å². The van der Waals surface area contributed by atoms with Crippen LogP contribution < -0.4 is 15.4 Å². The highest BCUT2D eigenvalue weighted by molar-refractivity contribution is 7.13. The maximum absolute atomic E-state index is 11.4. The Hall–Kier alpha value is -2.86. The third-order valence-corrected chi connectivity index (χ3v) is 6.09. The third-order valence-electron chi connectivity index (χ3n) is 5.36. The lowest BCUT2D eigenvalue weighted by Gasteiger charge is -2.33. The predicted molar refractivity (Wildman–Crippen MR) is 112 cm³/mol. The van der Waals surface area contributed by atoms with Gasteiger partial charge in [-0.15, -0.1) is 11.3 Å². The van der Waals surface area contributed by atoms with Crippen molar-refractivity contribution < 1.29 is 9.53 Å². The zero-order valence-corrected chi connectivity index (χ0v) is 16.8. The van der Waals surface area contributed by atoms with Crippen LogP contribution in [-0.4, -0.2) is 24.7 Å². The van der Waals surface area contributed by atoms with E-state index in [-0.39, 0.29) is 11.3 Å². The normalized spacial score (nSPS) is 20.4. The fraction of sp³-hybridized carbons (Fsp3) is 0.273. The second-order valence-corrected chi connectivity index (χ2v) is 8.26. The predicted octanol–water partition coefficient (Wildman–Crippen LogP) is 4.67. The summed E-state index contributed by atoms with van der Waals surface area (Å²) < 4.78 is 5.23. The molecule has 6 heteroatoms. The van der Waals surface area contributed by atoms with Gasteiger partial charge in [-0.25, -0.2) is 9.78 Å². The van der Waals surface area contributed by atoms with E-state index in [0.29, 0.717) is 5.75 Å². The topological polar surface area (TPSA) is 63.2 Å². The highest BCUT2D eigenvalue weighted by atomic mass is 32.1. The van der Waals surface area contributed by atoms with Crippen molar-refractivity contribution in [3.05, 3.63) is 76.8 Å². The summed E-state index contributed by atoms with van der Waals surface area (Å²) in [6.07, 6.45) is 2.36. The molecule has 0 spiro atoms. The summed E-state index contributed by atoms with van der Waals surface area (Å²) in [7, 11) is 1.55. The number of carbonyl (C=O) groups is 1. The summed E-state index contributed by atoms with van der Waals surface area (Å²) in [5.41, 5.74) is 3.99. The number of benzene rings is 2. The Kier molecular flexibility index (Phi) is 5.05. The van der Waals surface area contributed by atoms with Crippen LogP contribution in [-0.2, 0) is 6.42 Å². The molecule has 1 aliphatic rings. The van der Waals surface area contributed by atoms with Crippen LogP contribution in [0.4, 0.5) is 9.93 Å². The Morgan fingerprint density at radius 1 is 1.25 bits per heavy atom. The van der Waals surface area contributed by atoms with Gasteiger partial charge in [-0.2, -0.15) is 0 Å². The van der Waals surface area contributed by atoms with Crippen LogP contribution in [0.15, 0.2) is 60.1 Å². The van der Waals surface area contributed by atoms with Crippen LogP contribution >= 0.6 is 11.3 Å². The van der Waals surface area contributed by atoms with E-state index < -0.39 is 6.09 Å². The van der Waals surface area contributed by atoms with Crippen LogP contribution in [0.1, 0.15) is 29.5 Å². The summed E-state index contributed by atoms with van der Waals surface area (Å²) in [4.78, 5) is 15.8. The molecular weight excluding hydrogens is 370 g/mol. The average Bonchev–Trinajstić information content (AvgIpc) is 3.32. The molecule has 0 fully saturated rings. The number of carbonyl (C=O) groups excluding carboxylic acids is 1. The number of nitrogens with one attached hydrogen (secondary N) is 2. The van der Waals surface area contributed by atoms with Crippen molar-refractivity contribution in [2.75, 3.05) is 18.9 Å². The fourth-order valence-corrected chi connectivity index (χ4v) is 4.64. The molecule has 0 radical (unpaired) electrons. The van der Waals surface area contributed by atoms with Crippen LogP contribution in [0.3, 0.4) is 0 Å². The first-order valence-electron chi connectivity index (χ1n) is 9.30. The van der Waals surface area contributed by atoms with E-state index >= 15 is 0 Å². The standard InChI is InChI=1S/C22H23N3O2S/c1-22(14-25-20-24-11-12-28-20)13-16-5-3-4-6-18(16)19(22)15-7-9-17(10-8-15)27-21(26)23-2/h3-12,19H,13-14H2,1-2H3,(H,23,26)(H,24,25)/t19-,22-/m0/s1. The molecule has 28 heavy (non-hydrogen) atoms. The van der Waals surface area contributed by atoms with E-state index in [1.807, 2.05) is 23.7 Å². The smallest absolute Gasteiger partial charge is 0.410 e. The van der Waals surface area contributed by atoms with E-state index in [1.54, 1.807) is 18.4 Å². The highest BCUT2D eigenvalue weighted by Gasteiger charge is 2.43. The minimum absolute atomic E-state index is 0.0124. The minimum atomic E-state index is -0.462. The summed E-state index contributed by atoms with van der Waals surface area (Å²) in [5, 5.41) is 8.91. The number of aromatic nitrogens is 1. The number of amides is 1. The van der Waals surface area contributed by atoms with E-state index in [1.165, 1.54) is 16.7 Å². The van der Waals surface area contributed by atoms with E-state index in [4.69, 9.17) is 4.74 Å². The summed E-state index contributed by atoms with van der Waals surface area (Å²) in [6.45, 7) is 3.16. The Morgan fingerprint density at radius 2 is 2.04 bits per heavy atom. The van der Waals surface area contributed by atoms with Crippen molar-refractivity contribution in [2.45, 2.75) is 19.3 Å². The molecule has 0 saturated carbocycles. The van der Waals surface area contributed by atoms with Gasteiger partial charge in [-0.3, -0.25) is 0 Å². The molecule has 3 aromatic rings. The Bertz CT molecular complexity index is 956. The van der Waals surface area contributed by atoms with Crippen molar-refractivity contribution >= 4 is 22.6 Å². The summed E-state index contributed by atoms with van der Waals surface area (Å²) in [6, 6.07) is 16.5. The number of thiazole rings is 1. The zero-order valence-electron chi connectivity index (χ0n) is 15.9. The van der Waals surface area contributed by atoms with Gasteiger partial charge in [0.25, 0.3) is 0 Å². The number of fused-ring (bicyclic) bond motifs is 1. The first-order chi connectivity index (χ1) is 13.6. The van der Waals surface area contributed by atoms with Gasteiger partial charge < -0.3 is 15.4 Å². The van der Waals surface area contributed by atoms with Crippen molar-refractivity contribution in [3.63, 3.8) is 0 Å². The van der Waals surface area contributed by atoms with Gasteiger partial charge in [0, 0.05) is 31.1 Å². The number of hydrogen-bond acceptors (Lipinski definition) is 5. The first kappa shape index (κ1) is 18.5. The number of hydrogen-bond donors (Lipinski definition) is 2. The van der Waals surface area contributed by atoms with Crippen molar-refractivity contribution in [1.82, 2.24) is 10.3 Å². The molecule has 144 valence electrons. The van der Waals surface area contributed by atoms with Crippen LogP contribution in [0.25, 0.3) is 0 Å². The highest BCUT2D eigenvalue weighted by Crippen LogP contribution is 2.50. The Morgan fingerprint density at radius 3 is 2.75 bits per heavy atom. The van der Waals surface area contributed by atoms with Crippen LogP contribution in [0.5, 0.6) is 5.75 Å². The largest absolute Gasteiger partial charge is 0.412 e. The molecule has 2 N–H and O–H groups in total. The van der Waals surface area contributed by atoms with Gasteiger partial charge >= 0.3 is 6.09 Å². The SMILES string of the molecule is CNC(=O)Oc1ccc([C@H]2c3ccccc3C[C@@]2(C)CNc2nccs2)cc1. The second kappa shape index (κ2) is 7.64. The number of rotatable bonds is 5. The summed E-state index contributed by atoms with van der Waals surface area (Å²) >= 11 is 1.62. The molecule has 0 saturated heterocycles. The van der Waals surface area contributed by atoms with Gasteiger partial charge in [0.15, 0.2) is 5.13 Å². The molecule has 2 aromatic carbocycles. The zero-order chi connectivity index (χ0) is 19.6. The quantitative estimate of drug-likeness (QED) is 0.661. The second-order valence-electron chi connectivity index (χ2n) is 7.36. The number of anilines is 1. The number of ether oxygens (including phenoxy) is 1. The van der Waals surface area contributed by atoms with Gasteiger partial charge in [0.2, 0.25) is 0 Å². The van der Waals surface area contributed by atoms with E-state index in [2.05, 4.69) is 58.9 Å². The van der Waals surface area contributed by atoms with Crippen molar-refractivity contribution in [3.8, 4) is 5.75 Å².